The second-order valence-corrected chi connectivity index (χ2v) is 13.3. The van der Waals surface area contributed by atoms with Gasteiger partial charge in [0.25, 0.3) is 10.0 Å². The molecule has 0 radical (unpaired) electrons. The van der Waals surface area contributed by atoms with Crippen molar-refractivity contribution in [3.05, 3.63) is 71.0 Å². The maximum atomic E-state index is 14.4. The monoisotopic (exact) mass is 598 g/mol. The third kappa shape index (κ3) is 8.29. The van der Waals surface area contributed by atoms with Gasteiger partial charge in [-0.15, -0.1) is 4.40 Å². The van der Waals surface area contributed by atoms with E-state index >= 15 is 0 Å². The molecular formula is C30H38F4N2O4S. The number of piperidine rings is 1. The summed E-state index contributed by atoms with van der Waals surface area (Å²) in [5.74, 6) is -0.674. The minimum absolute atomic E-state index is 0.00452. The Labute approximate surface area is 239 Å². The number of alkyl halides is 3. The van der Waals surface area contributed by atoms with E-state index in [-0.39, 0.29) is 44.2 Å². The molecule has 2 atom stereocenters. The minimum atomic E-state index is -4.14. The van der Waals surface area contributed by atoms with Crippen molar-refractivity contribution in [3.8, 4) is 0 Å². The van der Waals surface area contributed by atoms with E-state index in [2.05, 4.69) is 4.40 Å². The number of halogens is 4. The van der Waals surface area contributed by atoms with Crippen molar-refractivity contribution in [2.24, 2.45) is 4.40 Å². The standard InChI is InChI=1S/C30H38F4N2O4S/c1-29(2)27(41(38,39)35-28(40-29)20-24(13-18-37)25-5-3-4-6-26(25)31)19-21-7-9-22(10-8-21)23-11-15-36(16-12-23)17-14-30(32,33)34/h3-10,23-24,27,37H,11-20H2,1-2H3/t24-,27?/m1/s1. The van der Waals surface area contributed by atoms with Crippen molar-refractivity contribution < 1.29 is 35.8 Å². The molecule has 0 aliphatic carbocycles. The lowest BCUT2D eigenvalue weighted by Gasteiger charge is -2.38. The number of hydrogen-bond donors (Lipinski definition) is 1. The fraction of sp³-hybridized carbons (Fsp3) is 0.567. The summed E-state index contributed by atoms with van der Waals surface area (Å²) in [5, 5.41) is 8.59. The van der Waals surface area contributed by atoms with Crippen LogP contribution in [0.4, 0.5) is 17.6 Å². The smallest absolute Gasteiger partial charge is 0.390 e. The zero-order valence-corrected chi connectivity index (χ0v) is 24.2. The zero-order valence-electron chi connectivity index (χ0n) is 23.4. The average molecular weight is 599 g/mol. The number of hydrogen-bond acceptors (Lipinski definition) is 5. The molecule has 41 heavy (non-hydrogen) atoms. The van der Waals surface area contributed by atoms with Gasteiger partial charge in [0.15, 0.2) is 0 Å². The van der Waals surface area contributed by atoms with Crippen molar-refractivity contribution in [1.29, 1.82) is 0 Å². The summed E-state index contributed by atoms with van der Waals surface area (Å²) >= 11 is 0. The van der Waals surface area contributed by atoms with Gasteiger partial charge in [-0.25, -0.2) is 12.8 Å². The van der Waals surface area contributed by atoms with Gasteiger partial charge in [-0.2, -0.15) is 13.2 Å². The highest BCUT2D eigenvalue weighted by molar-refractivity contribution is 7.91. The van der Waals surface area contributed by atoms with Gasteiger partial charge in [0.2, 0.25) is 5.90 Å². The lowest BCUT2D eigenvalue weighted by molar-refractivity contribution is -0.138. The number of ether oxygens (including phenoxy) is 1. The summed E-state index contributed by atoms with van der Waals surface area (Å²) in [5.41, 5.74) is 1.17. The molecule has 11 heteroatoms. The maximum absolute atomic E-state index is 14.4. The Bertz CT molecular complexity index is 1300. The van der Waals surface area contributed by atoms with Crippen LogP contribution in [0.3, 0.4) is 0 Å². The van der Waals surface area contributed by atoms with E-state index in [4.69, 9.17) is 4.74 Å². The molecule has 4 rings (SSSR count). The van der Waals surface area contributed by atoms with E-state index < -0.39 is 45.2 Å². The van der Waals surface area contributed by atoms with Crippen LogP contribution in [0.1, 0.15) is 74.5 Å². The van der Waals surface area contributed by atoms with Crippen LogP contribution < -0.4 is 0 Å². The Morgan fingerprint density at radius 2 is 1.76 bits per heavy atom. The molecule has 0 aromatic heterocycles. The summed E-state index contributed by atoms with van der Waals surface area (Å²) in [6.07, 6.45) is -2.93. The Hall–Kier alpha value is -2.50. The second-order valence-electron chi connectivity index (χ2n) is 11.6. The van der Waals surface area contributed by atoms with Crippen molar-refractivity contribution in [2.45, 2.75) is 81.2 Å². The minimum Gasteiger partial charge on any atom is -0.473 e. The molecular weight excluding hydrogens is 560 g/mol. The SMILES string of the molecule is CC1(C)OC(C[C@@H](CCO)c2ccccc2F)=NS(=O)(=O)C1Cc1ccc(C2CCN(CCC(F)(F)F)CC2)cc1. The predicted molar refractivity (Wildman–Crippen MR) is 150 cm³/mol. The molecule has 1 fully saturated rings. The highest BCUT2D eigenvalue weighted by Crippen LogP contribution is 2.35. The highest BCUT2D eigenvalue weighted by Gasteiger charge is 2.46. The third-order valence-electron chi connectivity index (χ3n) is 8.16. The molecule has 0 amide bonds. The first-order valence-electron chi connectivity index (χ1n) is 14.0. The molecule has 226 valence electrons. The molecule has 1 saturated heterocycles. The molecule has 6 nitrogen and oxygen atoms in total. The molecule has 2 aliphatic rings. The average Bonchev–Trinajstić information content (AvgIpc) is 2.89. The van der Waals surface area contributed by atoms with Crippen molar-refractivity contribution in [2.75, 3.05) is 26.2 Å². The predicted octanol–water partition coefficient (Wildman–Crippen LogP) is 5.96. The summed E-state index contributed by atoms with van der Waals surface area (Å²) < 4.78 is 88.8. The Balaban J connectivity index is 1.41. The van der Waals surface area contributed by atoms with Crippen LogP contribution in [0.5, 0.6) is 0 Å². The normalized spacial score (nSPS) is 22.1. The summed E-state index contributed by atoms with van der Waals surface area (Å²) in [6.45, 7) is 4.47. The van der Waals surface area contributed by atoms with Gasteiger partial charge in [-0.3, -0.25) is 0 Å². The van der Waals surface area contributed by atoms with E-state index in [0.717, 1.165) is 24.0 Å². The van der Waals surface area contributed by atoms with E-state index in [1.54, 1.807) is 32.0 Å². The van der Waals surface area contributed by atoms with Crippen LogP contribution in [0.15, 0.2) is 52.9 Å². The van der Waals surface area contributed by atoms with Crippen molar-refractivity contribution >= 4 is 15.9 Å². The summed E-state index contributed by atoms with van der Waals surface area (Å²) in [6, 6.07) is 13.9. The summed E-state index contributed by atoms with van der Waals surface area (Å²) in [7, 11) is -3.96. The highest BCUT2D eigenvalue weighted by atomic mass is 32.2. The molecule has 1 N–H and O–H groups in total. The van der Waals surface area contributed by atoms with Gasteiger partial charge >= 0.3 is 6.18 Å². The Morgan fingerprint density at radius 1 is 1.10 bits per heavy atom. The number of aliphatic hydroxyl groups is 1. The van der Waals surface area contributed by atoms with Gasteiger partial charge in [-0.05, 0) is 87.2 Å². The van der Waals surface area contributed by atoms with Crippen LogP contribution in [0, 0.1) is 5.82 Å². The number of rotatable bonds is 10. The van der Waals surface area contributed by atoms with Crippen molar-refractivity contribution in [1.82, 2.24) is 4.90 Å². The summed E-state index contributed by atoms with van der Waals surface area (Å²) in [4.78, 5) is 1.85. The first kappa shape index (κ1) is 31.4. The van der Waals surface area contributed by atoms with Gasteiger partial charge < -0.3 is 14.7 Å². The third-order valence-corrected chi connectivity index (χ3v) is 10.1. The largest absolute Gasteiger partial charge is 0.473 e. The number of sulfonamides is 1. The first-order chi connectivity index (χ1) is 19.3. The van der Waals surface area contributed by atoms with E-state index in [0.29, 0.717) is 18.7 Å². The van der Waals surface area contributed by atoms with Gasteiger partial charge in [0.1, 0.15) is 16.7 Å². The Morgan fingerprint density at radius 3 is 2.34 bits per heavy atom. The molecule has 2 aromatic rings. The lowest BCUT2D eigenvalue weighted by atomic mass is 9.88. The lowest BCUT2D eigenvalue weighted by Crippen LogP contribution is -2.50. The molecule has 0 saturated carbocycles. The number of benzene rings is 2. The van der Waals surface area contributed by atoms with Crippen LogP contribution in [0.25, 0.3) is 0 Å². The van der Waals surface area contributed by atoms with Gasteiger partial charge in [-0.1, -0.05) is 42.5 Å². The quantitative estimate of drug-likeness (QED) is 0.342. The molecule has 0 bridgehead atoms. The van der Waals surface area contributed by atoms with Crippen LogP contribution in [-0.2, 0) is 21.2 Å². The van der Waals surface area contributed by atoms with E-state index in [1.165, 1.54) is 6.07 Å². The second kappa shape index (κ2) is 12.8. The fourth-order valence-electron chi connectivity index (χ4n) is 5.84. The van der Waals surface area contributed by atoms with E-state index in [9.17, 15) is 31.1 Å². The molecule has 2 heterocycles. The Kier molecular flexibility index (Phi) is 9.81. The van der Waals surface area contributed by atoms with E-state index in [1.807, 2.05) is 29.2 Å². The number of nitrogens with zero attached hydrogens (tertiary/aromatic N) is 2. The van der Waals surface area contributed by atoms with Crippen molar-refractivity contribution in [3.63, 3.8) is 0 Å². The van der Waals surface area contributed by atoms with Crippen LogP contribution in [-0.4, -0.2) is 67.6 Å². The zero-order chi connectivity index (χ0) is 29.8. The maximum Gasteiger partial charge on any atom is 0.390 e. The first-order valence-corrected chi connectivity index (χ1v) is 15.5. The van der Waals surface area contributed by atoms with Crippen LogP contribution >= 0.6 is 0 Å². The van der Waals surface area contributed by atoms with Gasteiger partial charge in [0.05, 0.1) is 6.42 Å². The molecule has 2 aliphatic heterocycles. The topological polar surface area (TPSA) is 79.2 Å². The number of aliphatic hydroxyl groups excluding tert-OH is 1. The number of likely N-dealkylation sites (tertiary alicyclic amines) is 1. The molecule has 2 aromatic carbocycles. The van der Waals surface area contributed by atoms with Gasteiger partial charge in [0, 0.05) is 19.6 Å². The molecule has 0 spiro atoms. The molecule has 1 unspecified atom stereocenters. The van der Waals surface area contributed by atoms with Crippen LogP contribution in [0.2, 0.25) is 0 Å². The fourth-order valence-corrected chi connectivity index (χ4v) is 7.53.